The molecule has 156 valence electrons. The average Bonchev–Trinajstić information content (AvgIpc) is 3.19. The van der Waals surface area contributed by atoms with Gasteiger partial charge in [-0.25, -0.2) is 0 Å². The fourth-order valence-electron chi connectivity index (χ4n) is 4.96. The normalized spacial score (nSPS) is 19.4. The molecule has 2 aliphatic heterocycles. The van der Waals surface area contributed by atoms with Gasteiger partial charge in [0.2, 0.25) is 0 Å². The van der Waals surface area contributed by atoms with Crippen molar-refractivity contribution in [3.63, 3.8) is 0 Å². The quantitative estimate of drug-likeness (QED) is 0.605. The van der Waals surface area contributed by atoms with Crippen molar-refractivity contribution in [3.8, 4) is 11.5 Å². The largest absolute Gasteiger partial charge is 0.496 e. The Labute approximate surface area is 179 Å². The number of likely N-dealkylation sites (tertiary alicyclic amines) is 1. The summed E-state index contributed by atoms with van der Waals surface area (Å²) >= 11 is 0. The van der Waals surface area contributed by atoms with E-state index in [2.05, 4.69) is 70.3 Å². The van der Waals surface area contributed by atoms with Gasteiger partial charge in [-0.05, 0) is 62.2 Å². The number of para-hydroxylation sites is 2. The van der Waals surface area contributed by atoms with E-state index in [1.807, 2.05) is 6.07 Å². The maximum atomic E-state index is 6.62. The molecule has 0 N–H and O–H groups in total. The predicted octanol–water partition coefficient (Wildman–Crippen LogP) is 4.93. The van der Waals surface area contributed by atoms with Crippen LogP contribution in [0.2, 0.25) is 0 Å². The first kappa shape index (κ1) is 19.3. The third-order valence-electron chi connectivity index (χ3n) is 6.67. The molecule has 0 spiro atoms. The Hall–Kier alpha value is -2.72. The molecule has 5 rings (SSSR count). The highest BCUT2D eigenvalue weighted by atomic mass is 16.5. The minimum Gasteiger partial charge on any atom is -0.496 e. The molecular formula is C26H30N2O2. The summed E-state index contributed by atoms with van der Waals surface area (Å²) in [6, 6.07) is 21.2. The number of aromatic nitrogens is 1. The first-order valence-electron chi connectivity index (χ1n) is 11.1. The second-order valence-electron chi connectivity index (χ2n) is 8.45. The minimum atomic E-state index is 0.139. The first-order chi connectivity index (χ1) is 14.8. The van der Waals surface area contributed by atoms with Crippen molar-refractivity contribution in [3.05, 3.63) is 83.7 Å². The molecule has 1 unspecified atom stereocenters. The second-order valence-corrected chi connectivity index (χ2v) is 8.45. The van der Waals surface area contributed by atoms with E-state index in [9.17, 15) is 0 Å². The van der Waals surface area contributed by atoms with Crippen LogP contribution in [0.1, 0.15) is 35.8 Å². The Morgan fingerprint density at radius 1 is 0.967 bits per heavy atom. The predicted molar refractivity (Wildman–Crippen MR) is 119 cm³/mol. The van der Waals surface area contributed by atoms with E-state index >= 15 is 0 Å². The van der Waals surface area contributed by atoms with Crippen LogP contribution in [-0.2, 0) is 13.0 Å². The maximum absolute atomic E-state index is 6.62. The molecule has 3 heterocycles. The highest BCUT2D eigenvalue weighted by Gasteiger charge is 2.33. The molecule has 0 radical (unpaired) electrons. The fraction of sp³-hybridized carbons (Fsp3) is 0.385. The van der Waals surface area contributed by atoms with Gasteiger partial charge in [-0.2, -0.15) is 0 Å². The van der Waals surface area contributed by atoms with Crippen molar-refractivity contribution in [2.24, 2.45) is 5.92 Å². The summed E-state index contributed by atoms with van der Waals surface area (Å²) in [6.07, 6.45) is 5.70. The molecule has 0 bridgehead atoms. The van der Waals surface area contributed by atoms with Gasteiger partial charge in [0.05, 0.1) is 19.3 Å². The number of hydrogen-bond donors (Lipinski definition) is 0. The molecular weight excluding hydrogens is 372 g/mol. The minimum absolute atomic E-state index is 0.139. The summed E-state index contributed by atoms with van der Waals surface area (Å²) in [6.45, 7) is 4.23. The van der Waals surface area contributed by atoms with Gasteiger partial charge in [-0.1, -0.05) is 36.4 Å². The average molecular weight is 403 g/mol. The van der Waals surface area contributed by atoms with Gasteiger partial charge in [0, 0.05) is 24.2 Å². The molecule has 3 aromatic rings. The van der Waals surface area contributed by atoms with Gasteiger partial charge in [0.25, 0.3) is 0 Å². The van der Waals surface area contributed by atoms with Crippen molar-refractivity contribution in [2.75, 3.05) is 26.7 Å². The number of benzene rings is 2. The lowest BCUT2D eigenvalue weighted by Crippen LogP contribution is -2.38. The Balaban J connectivity index is 1.24. The zero-order valence-corrected chi connectivity index (χ0v) is 17.7. The highest BCUT2D eigenvalue weighted by molar-refractivity contribution is 5.36. The molecule has 1 fully saturated rings. The van der Waals surface area contributed by atoms with Crippen LogP contribution in [0.25, 0.3) is 0 Å². The highest BCUT2D eigenvalue weighted by Crippen LogP contribution is 2.39. The molecule has 2 aliphatic rings. The summed E-state index contributed by atoms with van der Waals surface area (Å²) in [5.41, 5.74) is 3.88. The fourth-order valence-corrected chi connectivity index (χ4v) is 4.96. The Bertz CT molecular complexity index is 988. The Morgan fingerprint density at radius 2 is 1.77 bits per heavy atom. The molecule has 1 aromatic heterocycles. The molecule has 4 heteroatoms. The standard InChI is InChI=1S/C26H30N2O2/c1-29-24-10-4-2-7-20(24)12-16-27-17-13-21(14-18-27)26-23-9-6-15-28(23)19-22-8-3-5-11-25(22)30-26/h2-11,15,21,26H,12-14,16-19H2,1H3. The van der Waals surface area contributed by atoms with E-state index in [4.69, 9.17) is 9.47 Å². The number of piperidine rings is 1. The number of methoxy groups -OCH3 is 1. The summed E-state index contributed by atoms with van der Waals surface area (Å²) < 4.78 is 14.5. The van der Waals surface area contributed by atoms with Crippen LogP contribution in [0.4, 0.5) is 0 Å². The van der Waals surface area contributed by atoms with Crippen LogP contribution >= 0.6 is 0 Å². The number of rotatable bonds is 5. The van der Waals surface area contributed by atoms with Crippen molar-refractivity contribution in [1.82, 2.24) is 9.47 Å². The lowest BCUT2D eigenvalue weighted by Gasteiger charge is -2.36. The second kappa shape index (κ2) is 8.57. The lowest BCUT2D eigenvalue weighted by atomic mass is 9.89. The summed E-state index contributed by atoms with van der Waals surface area (Å²) in [4.78, 5) is 2.59. The van der Waals surface area contributed by atoms with Crippen molar-refractivity contribution in [1.29, 1.82) is 0 Å². The molecule has 2 aromatic carbocycles. The molecule has 30 heavy (non-hydrogen) atoms. The van der Waals surface area contributed by atoms with Crippen LogP contribution in [-0.4, -0.2) is 36.2 Å². The molecule has 0 amide bonds. The summed E-state index contributed by atoms with van der Waals surface area (Å²) in [7, 11) is 1.76. The Kier molecular flexibility index (Phi) is 5.50. The van der Waals surface area contributed by atoms with Crippen LogP contribution < -0.4 is 9.47 Å². The van der Waals surface area contributed by atoms with E-state index in [-0.39, 0.29) is 6.10 Å². The third kappa shape index (κ3) is 3.84. The van der Waals surface area contributed by atoms with Crippen molar-refractivity contribution in [2.45, 2.75) is 31.9 Å². The van der Waals surface area contributed by atoms with Crippen LogP contribution in [0.15, 0.2) is 66.9 Å². The van der Waals surface area contributed by atoms with Gasteiger partial charge in [-0.3, -0.25) is 0 Å². The molecule has 1 atom stereocenters. The van der Waals surface area contributed by atoms with Crippen LogP contribution in [0.5, 0.6) is 11.5 Å². The van der Waals surface area contributed by atoms with Gasteiger partial charge in [0.1, 0.15) is 17.6 Å². The smallest absolute Gasteiger partial charge is 0.141 e. The van der Waals surface area contributed by atoms with Crippen LogP contribution in [0, 0.1) is 5.92 Å². The zero-order chi connectivity index (χ0) is 20.3. The third-order valence-corrected chi connectivity index (χ3v) is 6.67. The van der Waals surface area contributed by atoms with E-state index in [1.54, 1.807) is 7.11 Å². The first-order valence-corrected chi connectivity index (χ1v) is 11.1. The number of hydrogen-bond acceptors (Lipinski definition) is 3. The van der Waals surface area contributed by atoms with Gasteiger partial charge in [0.15, 0.2) is 0 Å². The zero-order valence-electron chi connectivity index (χ0n) is 17.7. The Morgan fingerprint density at radius 3 is 2.63 bits per heavy atom. The molecule has 0 saturated carbocycles. The van der Waals surface area contributed by atoms with Gasteiger partial charge < -0.3 is 18.9 Å². The topological polar surface area (TPSA) is 26.6 Å². The van der Waals surface area contributed by atoms with E-state index in [0.717, 1.165) is 44.1 Å². The van der Waals surface area contributed by atoms with E-state index < -0.39 is 0 Å². The lowest BCUT2D eigenvalue weighted by molar-refractivity contribution is 0.0744. The molecule has 1 saturated heterocycles. The van der Waals surface area contributed by atoms with Crippen molar-refractivity contribution >= 4 is 0 Å². The van der Waals surface area contributed by atoms with E-state index in [0.29, 0.717) is 5.92 Å². The maximum Gasteiger partial charge on any atom is 0.141 e. The van der Waals surface area contributed by atoms with E-state index in [1.165, 1.54) is 29.7 Å². The van der Waals surface area contributed by atoms with Crippen LogP contribution in [0.3, 0.4) is 0 Å². The van der Waals surface area contributed by atoms with Gasteiger partial charge in [-0.15, -0.1) is 0 Å². The molecule has 0 aliphatic carbocycles. The van der Waals surface area contributed by atoms with Gasteiger partial charge >= 0.3 is 0 Å². The number of ether oxygens (including phenoxy) is 2. The summed E-state index contributed by atoms with van der Waals surface area (Å²) in [5.74, 6) is 2.59. The molecule has 4 nitrogen and oxygen atoms in total. The monoisotopic (exact) mass is 402 g/mol. The van der Waals surface area contributed by atoms with Crippen molar-refractivity contribution < 1.29 is 9.47 Å². The summed E-state index contributed by atoms with van der Waals surface area (Å²) in [5, 5.41) is 0. The number of fused-ring (bicyclic) bond motifs is 2. The number of nitrogens with zero attached hydrogens (tertiary/aromatic N) is 2. The SMILES string of the molecule is COc1ccccc1CCN1CCC(C2Oc3ccccc3Cn3cccc32)CC1.